The predicted octanol–water partition coefficient (Wildman–Crippen LogP) is 4.91. The van der Waals surface area contributed by atoms with Gasteiger partial charge in [0.2, 0.25) is 0 Å². The van der Waals surface area contributed by atoms with E-state index < -0.39 is 6.43 Å². The Kier molecular flexibility index (Phi) is 3.90. The molecule has 100 valence electrons. The second kappa shape index (κ2) is 5.45. The maximum absolute atomic E-state index is 12.9. The molecule has 0 aliphatic carbocycles. The van der Waals surface area contributed by atoms with E-state index in [2.05, 4.69) is 5.32 Å². The number of nitrogens with one attached hydrogen (secondary N) is 1. The third-order valence-corrected chi connectivity index (χ3v) is 3.02. The fraction of sp³-hybridized carbons (Fsp3) is 0.143. The van der Waals surface area contributed by atoms with Gasteiger partial charge >= 0.3 is 0 Å². The van der Waals surface area contributed by atoms with Gasteiger partial charge in [0.25, 0.3) is 6.43 Å². The van der Waals surface area contributed by atoms with E-state index in [1.807, 2.05) is 13.0 Å². The number of nitrogen functional groups attached to an aromatic ring is 1. The summed E-state index contributed by atoms with van der Waals surface area (Å²) in [4.78, 5) is 0. The zero-order chi connectivity index (χ0) is 14.0. The van der Waals surface area contributed by atoms with Crippen molar-refractivity contribution in [3.63, 3.8) is 0 Å². The average molecular weight is 283 g/mol. The van der Waals surface area contributed by atoms with Crippen molar-refractivity contribution in [2.75, 3.05) is 11.1 Å². The summed E-state index contributed by atoms with van der Waals surface area (Å²) in [6, 6.07) is 9.72. The number of rotatable bonds is 3. The number of anilines is 3. The van der Waals surface area contributed by atoms with Crippen LogP contribution in [0.25, 0.3) is 0 Å². The standard InChI is InChI=1S/C14H13ClF2N2/c1-8-2-4-13(11(15)6-8)19-12-5-3-9(18)7-10(12)14(16)17/h2-7,14,19H,18H2,1H3. The Labute approximate surface area is 115 Å². The first-order valence-electron chi connectivity index (χ1n) is 5.68. The molecule has 0 spiro atoms. The summed E-state index contributed by atoms with van der Waals surface area (Å²) in [6.45, 7) is 1.91. The van der Waals surface area contributed by atoms with E-state index >= 15 is 0 Å². The van der Waals surface area contributed by atoms with Crippen LogP contribution in [-0.4, -0.2) is 0 Å². The molecular weight excluding hydrogens is 270 g/mol. The number of benzene rings is 2. The molecule has 0 aliphatic rings. The summed E-state index contributed by atoms with van der Waals surface area (Å²) in [5.41, 5.74) is 7.57. The molecule has 19 heavy (non-hydrogen) atoms. The zero-order valence-electron chi connectivity index (χ0n) is 10.3. The zero-order valence-corrected chi connectivity index (χ0v) is 11.0. The Hall–Kier alpha value is -1.81. The number of aryl methyl sites for hydroxylation is 1. The van der Waals surface area contributed by atoms with Gasteiger partial charge in [-0.1, -0.05) is 17.7 Å². The third kappa shape index (κ3) is 3.15. The minimum Gasteiger partial charge on any atom is -0.399 e. The van der Waals surface area contributed by atoms with Gasteiger partial charge in [-0.25, -0.2) is 8.78 Å². The lowest BCUT2D eigenvalue weighted by atomic mass is 10.1. The van der Waals surface area contributed by atoms with Gasteiger partial charge in [0.1, 0.15) is 0 Å². The van der Waals surface area contributed by atoms with Crippen LogP contribution in [0.15, 0.2) is 36.4 Å². The smallest absolute Gasteiger partial charge is 0.265 e. The predicted molar refractivity (Wildman–Crippen MR) is 75.3 cm³/mol. The molecule has 2 nitrogen and oxygen atoms in total. The second-order valence-electron chi connectivity index (χ2n) is 4.26. The minimum absolute atomic E-state index is 0.142. The monoisotopic (exact) mass is 282 g/mol. The highest BCUT2D eigenvalue weighted by Crippen LogP contribution is 2.33. The SMILES string of the molecule is Cc1ccc(Nc2ccc(N)cc2C(F)F)c(Cl)c1. The Morgan fingerprint density at radius 2 is 1.79 bits per heavy atom. The Morgan fingerprint density at radius 3 is 2.42 bits per heavy atom. The fourth-order valence-corrected chi connectivity index (χ4v) is 2.02. The molecule has 0 heterocycles. The third-order valence-electron chi connectivity index (χ3n) is 2.70. The van der Waals surface area contributed by atoms with Crippen LogP contribution in [0.4, 0.5) is 25.8 Å². The van der Waals surface area contributed by atoms with Crippen molar-refractivity contribution in [1.82, 2.24) is 0 Å². The normalized spacial score (nSPS) is 10.8. The summed E-state index contributed by atoms with van der Waals surface area (Å²) >= 11 is 6.07. The molecule has 3 N–H and O–H groups in total. The molecule has 0 fully saturated rings. The average Bonchev–Trinajstić information content (AvgIpc) is 2.34. The maximum atomic E-state index is 12.9. The van der Waals surface area contributed by atoms with Gasteiger partial charge < -0.3 is 11.1 Å². The van der Waals surface area contributed by atoms with Crippen LogP contribution in [-0.2, 0) is 0 Å². The topological polar surface area (TPSA) is 38.0 Å². The van der Waals surface area contributed by atoms with Crippen molar-refractivity contribution in [3.8, 4) is 0 Å². The molecule has 0 amide bonds. The second-order valence-corrected chi connectivity index (χ2v) is 4.66. The number of nitrogens with two attached hydrogens (primary N) is 1. The van der Waals surface area contributed by atoms with Crippen LogP contribution < -0.4 is 11.1 Å². The minimum atomic E-state index is -2.60. The highest BCUT2D eigenvalue weighted by Gasteiger charge is 2.14. The molecular formula is C14H13ClF2N2. The van der Waals surface area contributed by atoms with Gasteiger partial charge in [0, 0.05) is 16.9 Å². The summed E-state index contributed by atoms with van der Waals surface area (Å²) in [6.07, 6.45) is -2.60. The lowest BCUT2D eigenvalue weighted by molar-refractivity contribution is 0.152. The first-order valence-corrected chi connectivity index (χ1v) is 6.06. The molecule has 2 rings (SSSR count). The number of alkyl halides is 2. The van der Waals surface area contributed by atoms with Crippen molar-refractivity contribution in [2.24, 2.45) is 0 Å². The van der Waals surface area contributed by atoms with Crippen LogP contribution in [0.5, 0.6) is 0 Å². The van der Waals surface area contributed by atoms with Crippen LogP contribution in [0.3, 0.4) is 0 Å². The summed E-state index contributed by atoms with van der Waals surface area (Å²) in [5, 5.41) is 3.39. The van der Waals surface area contributed by atoms with E-state index in [1.165, 1.54) is 12.1 Å². The molecule has 0 bridgehead atoms. The fourth-order valence-electron chi connectivity index (χ4n) is 1.74. The van der Waals surface area contributed by atoms with Gasteiger partial charge in [0.15, 0.2) is 0 Å². The lowest BCUT2D eigenvalue weighted by Crippen LogP contribution is -1.99. The van der Waals surface area contributed by atoms with E-state index in [0.29, 0.717) is 22.1 Å². The first-order chi connectivity index (χ1) is 8.97. The van der Waals surface area contributed by atoms with Crippen molar-refractivity contribution < 1.29 is 8.78 Å². The number of hydrogen-bond acceptors (Lipinski definition) is 2. The Balaban J connectivity index is 2.38. The van der Waals surface area contributed by atoms with Crippen LogP contribution in [0.2, 0.25) is 5.02 Å². The highest BCUT2D eigenvalue weighted by atomic mass is 35.5. The Morgan fingerprint density at radius 1 is 1.11 bits per heavy atom. The summed E-state index contributed by atoms with van der Waals surface area (Å²) in [5.74, 6) is 0. The lowest BCUT2D eigenvalue weighted by Gasteiger charge is -2.13. The molecule has 0 saturated heterocycles. The van der Waals surface area contributed by atoms with E-state index in [-0.39, 0.29) is 5.56 Å². The van der Waals surface area contributed by atoms with Crippen molar-refractivity contribution in [3.05, 3.63) is 52.5 Å². The van der Waals surface area contributed by atoms with Crippen LogP contribution in [0, 0.1) is 6.92 Å². The first kappa shape index (κ1) is 13.6. The van der Waals surface area contributed by atoms with Crippen LogP contribution in [0.1, 0.15) is 17.6 Å². The Bertz CT molecular complexity index is 600. The largest absolute Gasteiger partial charge is 0.399 e. The van der Waals surface area contributed by atoms with Crippen LogP contribution >= 0.6 is 11.6 Å². The molecule has 0 atom stereocenters. The molecule has 0 unspecified atom stereocenters. The summed E-state index contributed by atoms with van der Waals surface area (Å²) < 4.78 is 25.9. The number of hydrogen-bond donors (Lipinski definition) is 2. The van der Waals surface area contributed by atoms with Gasteiger partial charge in [-0.2, -0.15) is 0 Å². The van der Waals surface area contributed by atoms with E-state index in [1.54, 1.807) is 18.2 Å². The molecule has 5 heteroatoms. The molecule has 2 aromatic rings. The molecule has 0 aromatic heterocycles. The summed E-state index contributed by atoms with van der Waals surface area (Å²) in [7, 11) is 0. The van der Waals surface area contributed by atoms with Gasteiger partial charge in [-0.3, -0.25) is 0 Å². The van der Waals surface area contributed by atoms with Gasteiger partial charge in [-0.15, -0.1) is 0 Å². The van der Waals surface area contributed by atoms with E-state index in [0.717, 1.165) is 5.56 Å². The molecule has 0 aliphatic heterocycles. The van der Waals surface area contributed by atoms with E-state index in [9.17, 15) is 8.78 Å². The number of halogens is 3. The molecule has 0 saturated carbocycles. The van der Waals surface area contributed by atoms with Crippen molar-refractivity contribution >= 4 is 28.7 Å². The quantitative estimate of drug-likeness (QED) is 0.785. The van der Waals surface area contributed by atoms with Crippen molar-refractivity contribution in [1.29, 1.82) is 0 Å². The van der Waals surface area contributed by atoms with Gasteiger partial charge in [-0.05, 0) is 42.8 Å². The highest BCUT2D eigenvalue weighted by molar-refractivity contribution is 6.33. The molecule has 0 radical (unpaired) electrons. The molecule has 2 aromatic carbocycles. The van der Waals surface area contributed by atoms with E-state index in [4.69, 9.17) is 17.3 Å². The van der Waals surface area contributed by atoms with Gasteiger partial charge in [0.05, 0.1) is 10.7 Å². The maximum Gasteiger partial charge on any atom is 0.265 e. The van der Waals surface area contributed by atoms with Crippen molar-refractivity contribution in [2.45, 2.75) is 13.3 Å².